The zero-order valence-electron chi connectivity index (χ0n) is 7.55. The smallest absolute Gasteiger partial charge is 0.231 e. The normalized spacial score (nSPS) is 10.4. The van der Waals surface area contributed by atoms with Gasteiger partial charge in [-0.3, -0.25) is 0 Å². The fourth-order valence-corrected chi connectivity index (χ4v) is 1.20. The molecule has 2 aromatic rings. The molecule has 1 aromatic heterocycles. The summed E-state index contributed by atoms with van der Waals surface area (Å²) in [5, 5.41) is 12.3. The molecule has 1 heterocycles. The summed E-state index contributed by atoms with van der Waals surface area (Å²) in [6.07, 6.45) is 0.605. The lowest BCUT2D eigenvalue weighted by Crippen LogP contribution is -1.89. The Morgan fingerprint density at radius 3 is 2.64 bits per heavy atom. The minimum atomic E-state index is -0.182. The van der Waals surface area contributed by atoms with E-state index in [2.05, 4.69) is 10.1 Å². The van der Waals surface area contributed by atoms with Crippen LogP contribution in [-0.4, -0.2) is 15.2 Å². The van der Waals surface area contributed by atoms with Gasteiger partial charge in [0.1, 0.15) is 6.61 Å². The number of aliphatic hydroxyl groups is 1. The molecule has 0 unspecified atom stereocenters. The second kappa shape index (κ2) is 4.02. The Bertz CT molecular complexity index is 398. The van der Waals surface area contributed by atoms with Crippen molar-refractivity contribution in [3.8, 4) is 0 Å². The molecule has 72 valence electrons. The minimum Gasteiger partial charge on any atom is -0.388 e. The van der Waals surface area contributed by atoms with Gasteiger partial charge in [-0.1, -0.05) is 35.5 Å². The highest BCUT2D eigenvalue weighted by atomic mass is 16.5. The molecule has 0 bridgehead atoms. The fourth-order valence-electron chi connectivity index (χ4n) is 1.20. The van der Waals surface area contributed by atoms with E-state index >= 15 is 0 Å². The van der Waals surface area contributed by atoms with Crippen LogP contribution < -0.4 is 0 Å². The summed E-state index contributed by atoms with van der Waals surface area (Å²) in [6, 6.07) is 9.85. The van der Waals surface area contributed by atoms with Crippen LogP contribution in [0.1, 0.15) is 17.3 Å². The van der Waals surface area contributed by atoms with Gasteiger partial charge in [0.15, 0.2) is 5.82 Å². The maximum Gasteiger partial charge on any atom is 0.231 e. The van der Waals surface area contributed by atoms with Gasteiger partial charge in [-0.25, -0.2) is 0 Å². The van der Waals surface area contributed by atoms with Crippen LogP contribution in [0.2, 0.25) is 0 Å². The van der Waals surface area contributed by atoms with E-state index < -0.39 is 0 Å². The molecule has 1 aromatic carbocycles. The second-order valence-electron chi connectivity index (χ2n) is 2.92. The Morgan fingerprint density at radius 1 is 1.21 bits per heavy atom. The summed E-state index contributed by atoms with van der Waals surface area (Å²) in [6.45, 7) is -0.182. The van der Waals surface area contributed by atoms with E-state index in [-0.39, 0.29) is 6.61 Å². The molecule has 0 aliphatic carbocycles. The zero-order valence-corrected chi connectivity index (χ0v) is 7.55. The average molecular weight is 190 g/mol. The molecule has 14 heavy (non-hydrogen) atoms. The van der Waals surface area contributed by atoms with Crippen molar-refractivity contribution in [3.63, 3.8) is 0 Å². The van der Waals surface area contributed by atoms with Crippen LogP contribution in [0.4, 0.5) is 0 Å². The predicted molar refractivity (Wildman–Crippen MR) is 49.5 cm³/mol. The van der Waals surface area contributed by atoms with Gasteiger partial charge in [0.25, 0.3) is 0 Å². The van der Waals surface area contributed by atoms with E-state index in [0.717, 1.165) is 5.56 Å². The molecule has 0 saturated heterocycles. The molecule has 0 spiro atoms. The maximum absolute atomic E-state index is 8.73. The standard InChI is InChI=1S/C10H10N2O2/c13-7-9-11-10(14-12-9)6-8-4-2-1-3-5-8/h1-5,13H,6-7H2. The lowest BCUT2D eigenvalue weighted by molar-refractivity contribution is 0.263. The van der Waals surface area contributed by atoms with Gasteiger partial charge in [0.2, 0.25) is 5.89 Å². The summed E-state index contributed by atoms with van der Waals surface area (Å²) in [4.78, 5) is 4.00. The Labute approximate surface area is 81.2 Å². The van der Waals surface area contributed by atoms with Gasteiger partial charge in [-0.15, -0.1) is 0 Å². The molecule has 0 aliphatic rings. The first-order valence-corrected chi connectivity index (χ1v) is 4.35. The van der Waals surface area contributed by atoms with E-state index in [0.29, 0.717) is 18.1 Å². The highest BCUT2D eigenvalue weighted by Gasteiger charge is 2.05. The monoisotopic (exact) mass is 190 g/mol. The molecule has 0 atom stereocenters. The Balaban J connectivity index is 2.11. The summed E-state index contributed by atoms with van der Waals surface area (Å²) in [5.74, 6) is 0.858. The van der Waals surface area contributed by atoms with Gasteiger partial charge in [0.05, 0.1) is 6.42 Å². The third kappa shape index (κ3) is 1.97. The molecule has 4 nitrogen and oxygen atoms in total. The second-order valence-corrected chi connectivity index (χ2v) is 2.92. The number of hydrogen-bond donors (Lipinski definition) is 1. The number of rotatable bonds is 3. The molecule has 0 saturated carbocycles. The fraction of sp³-hybridized carbons (Fsp3) is 0.200. The molecular formula is C10H10N2O2. The lowest BCUT2D eigenvalue weighted by atomic mass is 10.1. The first kappa shape index (κ1) is 8.90. The quantitative estimate of drug-likeness (QED) is 0.788. The largest absolute Gasteiger partial charge is 0.388 e. The van der Waals surface area contributed by atoms with Crippen LogP contribution in [0.3, 0.4) is 0 Å². The van der Waals surface area contributed by atoms with Gasteiger partial charge >= 0.3 is 0 Å². The Hall–Kier alpha value is -1.68. The number of nitrogens with zero attached hydrogens (tertiary/aromatic N) is 2. The van der Waals surface area contributed by atoms with E-state index in [4.69, 9.17) is 9.63 Å². The molecule has 2 rings (SSSR count). The van der Waals surface area contributed by atoms with Crippen LogP contribution >= 0.6 is 0 Å². The summed E-state index contributed by atoms with van der Waals surface area (Å²) >= 11 is 0. The number of benzene rings is 1. The first-order chi connectivity index (χ1) is 6.88. The Kier molecular flexibility index (Phi) is 2.55. The summed E-state index contributed by atoms with van der Waals surface area (Å²) in [7, 11) is 0. The molecule has 4 heteroatoms. The molecule has 0 radical (unpaired) electrons. The topological polar surface area (TPSA) is 59.2 Å². The van der Waals surface area contributed by atoms with Gasteiger partial charge < -0.3 is 9.63 Å². The van der Waals surface area contributed by atoms with E-state index in [1.54, 1.807) is 0 Å². The minimum absolute atomic E-state index is 0.182. The third-order valence-corrected chi connectivity index (χ3v) is 1.85. The summed E-state index contributed by atoms with van der Waals surface area (Å²) < 4.78 is 4.94. The average Bonchev–Trinajstić information content (AvgIpc) is 2.67. The van der Waals surface area contributed by atoms with Gasteiger partial charge in [-0.05, 0) is 5.56 Å². The predicted octanol–water partition coefficient (Wildman–Crippen LogP) is 1.15. The van der Waals surface area contributed by atoms with Crippen molar-refractivity contribution in [1.82, 2.24) is 10.1 Å². The van der Waals surface area contributed by atoms with Crippen molar-refractivity contribution < 1.29 is 9.63 Å². The number of hydrogen-bond acceptors (Lipinski definition) is 4. The van der Waals surface area contributed by atoms with Gasteiger partial charge in [-0.2, -0.15) is 4.98 Å². The number of aromatic nitrogens is 2. The Morgan fingerprint density at radius 2 is 2.00 bits per heavy atom. The molecule has 0 fully saturated rings. The van der Waals surface area contributed by atoms with Crippen LogP contribution in [0.25, 0.3) is 0 Å². The van der Waals surface area contributed by atoms with E-state index in [1.807, 2.05) is 30.3 Å². The highest BCUT2D eigenvalue weighted by Crippen LogP contribution is 2.06. The lowest BCUT2D eigenvalue weighted by Gasteiger charge is -1.93. The van der Waals surface area contributed by atoms with E-state index in [9.17, 15) is 0 Å². The van der Waals surface area contributed by atoms with Crippen LogP contribution in [0.15, 0.2) is 34.9 Å². The van der Waals surface area contributed by atoms with Crippen molar-refractivity contribution in [1.29, 1.82) is 0 Å². The van der Waals surface area contributed by atoms with Crippen molar-refractivity contribution in [2.45, 2.75) is 13.0 Å². The SMILES string of the molecule is OCc1noc(Cc2ccccc2)n1. The van der Waals surface area contributed by atoms with E-state index in [1.165, 1.54) is 0 Å². The summed E-state index contributed by atoms with van der Waals surface area (Å²) in [5.41, 5.74) is 1.11. The van der Waals surface area contributed by atoms with Crippen molar-refractivity contribution in [2.75, 3.05) is 0 Å². The van der Waals surface area contributed by atoms with Crippen LogP contribution in [0, 0.1) is 0 Å². The van der Waals surface area contributed by atoms with Crippen molar-refractivity contribution in [3.05, 3.63) is 47.6 Å². The molecule has 1 N–H and O–H groups in total. The molecular weight excluding hydrogens is 180 g/mol. The molecule has 0 amide bonds. The van der Waals surface area contributed by atoms with Crippen LogP contribution in [-0.2, 0) is 13.0 Å². The first-order valence-electron chi connectivity index (χ1n) is 4.35. The number of aliphatic hydroxyl groups excluding tert-OH is 1. The van der Waals surface area contributed by atoms with Gasteiger partial charge in [0, 0.05) is 0 Å². The zero-order chi connectivity index (χ0) is 9.80. The van der Waals surface area contributed by atoms with Crippen LogP contribution in [0.5, 0.6) is 0 Å². The third-order valence-electron chi connectivity index (χ3n) is 1.85. The maximum atomic E-state index is 8.73. The van der Waals surface area contributed by atoms with Crippen molar-refractivity contribution >= 4 is 0 Å². The highest BCUT2D eigenvalue weighted by molar-refractivity contribution is 5.17. The van der Waals surface area contributed by atoms with Crippen molar-refractivity contribution in [2.24, 2.45) is 0 Å². The molecule has 0 aliphatic heterocycles.